The molecule has 0 aliphatic carbocycles. The molecule has 0 unspecified atom stereocenters. The fraction of sp³-hybridized carbons (Fsp3) is 0.500. The van der Waals surface area contributed by atoms with Crippen LogP contribution in [0.25, 0.3) is 0 Å². The van der Waals surface area contributed by atoms with Crippen molar-refractivity contribution in [3.05, 3.63) is 28.7 Å². The molecule has 0 saturated carbocycles. The summed E-state index contributed by atoms with van der Waals surface area (Å²) in [4.78, 5) is 23.2. The maximum absolute atomic E-state index is 11.6. The summed E-state index contributed by atoms with van der Waals surface area (Å²) < 4.78 is 6.52. The van der Waals surface area contributed by atoms with Crippen LogP contribution in [-0.2, 0) is 9.59 Å². The molecule has 22 heavy (non-hydrogen) atoms. The third-order valence-electron chi connectivity index (χ3n) is 2.59. The van der Waals surface area contributed by atoms with Crippen molar-refractivity contribution < 1.29 is 14.3 Å². The summed E-state index contributed by atoms with van der Waals surface area (Å²) in [6.07, 6.45) is 0.933. The summed E-state index contributed by atoms with van der Waals surface area (Å²) in [7, 11) is 0. The second kappa shape index (κ2) is 8.78. The molecule has 1 aromatic rings. The van der Waals surface area contributed by atoms with E-state index in [4.69, 9.17) is 4.74 Å². The van der Waals surface area contributed by atoms with E-state index in [1.54, 1.807) is 0 Å². The number of hydrogen-bond acceptors (Lipinski definition) is 3. The standard InChI is InChI=1S/C16H23BrN2O3/c1-16(2,3)19-15(21)11-18-14(20)5-4-10-22-13-8-6-12(17)7-9-13/h6-9H,4-5,10-11H2,1-3H3,(H,18,20)(H,19,21). The summed E-state index contributed by atoms with van der Waals surface area (Å²) in [6, 6.07) is 7.52. The topological polar surface area (TPSA) is 67.4 Å². The number of carbonyl (C=O) groups excluding carboxylic acids is 2. The summed E-state index contributed by atoms with van der Waals surface area (Å²) in [6.45, 7) is 6.15. The monoisotopic (exact) mass is 370 g/mol. The van der Waals surface area contributed by atoms with Gasteiger partial charge in [-0.15, -0.1) is 0 Å². The Morgan fingerprint density at radius 1 is 1.14 bits per heavy atom. The summed E-state index contributed by atoms with van der Waals surface area (Å²) in [5.74, 6) is 0.434. The second-order valence-electron chi connectivity index (χ2n) is 5.98. The SMILES string of the molecule is CC(C)(C)NC(=O)CNC(=O)CCCOc1ccc(Br)cc1. The van der Waals surface area contributed by atoms with Crippen LogP contribution in [0.15, 0.2) is 28.7 Å². The molecule has 0 atom stereocenters. The zero-order chi connectivity index (χ0) is 16.6. The Labute approximate surface area is 139 Å². The van der Waals surface area contributed by atoms with E-state index < -0.39 is 0 Å². The first-order valence-electron chi connectivity index (χ1n) is 7.22. The van der Waals surface area contributed by atoms with Crippen molar-refractivity contribution in [2.24, 2.45) is 0 Å². The summed E-state index contributed by atoms with van der Waals surface area (Å²) in [5.41, 5.74) is -0.291. The van der Waals surface area contributed by atoms with Gasteiger partial charge in [-0.25, -0.2) is 0 Å². The van der Waals surface area contributed by atoms with Crippen LogP contribution in [0.5, 0.6) is 5.75 Å². The third-order valence-corrected chi connectivity index (χ3v) is 3.12. The van der Waals surface area contributed by atoms with Gasteiger partial charge in [-0.1, -0.05) is 15.9 Å². The average molecular weight is 371 g/mol. The minimum atomic E-state index is -0.291. The highest BCUT2D eigenvalue weighted by Crippen LogP contribution is 2.16. The first-order valence-corrected chi connectivity index (χ1v) is 8.02. The minimum Gasteiger partial charge on any atom is -0.494 e. The Hall–Kier alpha value is -1.56. The Kier molecular flexibility index (Phi) is 7.38. The van der Waals surface area contributed by atoms with Gasteiger partial charge in [0.15, 0.2) is 0 Å². The quantitative estimate of drug-likeness (QED) is 0.725. The normalized spacial score (nSPS) is 10.9. The molecule has 0 spiro atoms. The molecule has 5 nitrogen and oxygen atoms in total. The number of benzene rings is 1. The van der Waals surface area contributed by atoms with Crippen LogP contribution in [0.2, 0.25) is 0 Å². The number of hydrogen-bond donors (Lipinski definition) is 2. The van der Waals surface area contributed by atoms with Gasteiger partial charge in [-0.2, -0.15) is 0 Å². The van der Waals surface area contributed by atoms with Gasteiger partial charge in [0.1, 0.15) is 5.75 Å². The lowest BCUT2D eigenvalue weighted by atomic mass is 10.1. The number of rotatable bonds is 7. The van der Waals surface area contributed by atoms with Crippen LogP contribution in [0, 0.1) is 0 Å². The van der Waals surface area contributed by atoms with Gasteiger partial charge in [-0.05, 0) is 51.5 Å². The second-order valence-corrected chi connectivity index (χ2v) is 6.90. The van der Waals surface area contributed by atoms with Crippen molar-refractivity contribution in [3.8, 4) is 5.75 Å². The van der Waals surface area contributed by atoms with Gasteiger partial charge in [0.25, 0.3) is 0 Å². The highest BCUT2D eigenvalue weighted by molar-refractivity contribution is 9.10. The van der Waals surface area contributed by atoms with E-state index in [0.29, 0.717) is 19.4 Å². The Bertz CT molecular complexity index is 495. The van der Waals surface area contributed by atoms with Crippen LogP contribution in [0.3, 0.4) is 0 Å². The van der Waals surface area contributed by atoms with Gasteiger partial charge in [-0.3, -0.25) is 9.59 Å². The predicted molar refractivity (Wildman–Crippen MR) is 89.8 cm³/mol. The zero-order valence-electron chi connectivity index (χ0n) is 13.2. The van der Waals surface area contributed by atoms with Crippen LogP contribution < -0.4 is 15.4 Å². The van der Waals surface area contributed by atoms with Crippen LogP contribution in [0.4, 0.5) is 0 Å². The lowest BCUT2D eigenvalue weighted by molar-refractivity contribution is -0.126. The molecule has 1 aromatic carbocycles. The van der Waals surface area contributed by atoms with Crippen LogP contribution >= 0.6 is 15.9 Å². The number of carbonyl (C=O) groups is 2. The van der Waals surface area contributed by atoms with Crippen molar-refractivity contribution >= 4 is 27.7 Å². The lowest BCUT2D eigenvalue weighted by Gasteiger charge is -2.20. The Balaban J connectivity index is 2.13. The molecule has 0 heterocycles. The van der Waals surface area contributed by atoms with Crippen LogP contribution in [0.1, 0.15) is 33.6 Å². The molecule has 0 radical (unpaired) electrons. The summed E-state index contributed by atoms with van der Waals surface area (Å²) >= 11 is 3.35. The van der Waals surface area contributed by atoms with E-state index in [9.17, 15) is 9.59 Å². The van der Waals surface area contributed by atoms with E-state index in [1.165, 1.54) is 0 Å². The molecular weight excluding hydrogens is 348 g/mol. The van der Waals surface area contributed by atoms with Gasteiger partial charge < -0.3 is 15.4 Å². The van der Waals surface area contributed by atoms with E-state index in [0.717, 1.165) is 10.2 Å². The molecule has 0 aliphatic heterocycles. The molecule has 0 aromatic heterocycles. The van der Waals surface area contributed by atoms with Gasteiger partial charge in [0.2, 0.25) is 11.8 Å². The van der Waals surface area contributed by atoms with Gasteiger partial charge in [0.05, 0.1) is 13.2 Å². The van der Waals surface area contributed by atoms with E-state index >= 15 is 0 Å². The maximum atomic E-state index is 11.6. The maximum Gasteiger partial charge on any atom is 0.239 e. The molecule has 0 fully saturated rings. The van der Waals surface area contributed by atoms with Gasteiger partial charge >= 0.3 is 0 Å². The van der Waals surface area contributed by atoms with Crippen molar-refractivity contribution in [3.63, 3.8) is 0 Å². The van der Waals surface area contributed by atoms with Crippen molar-refractivity contribution in [1.82, 2.24) is 10.6 Å². The van der Waals surface area contributed by atoms with E-state index in [-0.39, 0.29) is 23.9 Å². The lowest BCUT2D eigenvalue weighted by Crippen LogP contribution is -2.45. The number of amides is 2. The first-order chi connectivity index (χ1) is 10.3. The minimum absolute atomic E-state index is 0.00364. The molecule has 0 saturated heterocycles. The molecule has 2 amide bonds. The van der Waals surface area contributed by atoms with Crippen LogP contribution in [-0.4, -0.2) is 30.5 Å². The highest BCUT2D eigenvalue weighted by Gasteiger charge is 2.13. The third kappa shape index (κ3) is 8.67. The van der Waals surface area contributed by atoms with Crippen molar-refractivity contribution in [2.75, 3.05) is 13.2 Å². The molecule has 6 heteroatoms. The molecule has 2 N–H and O–H groups in total. The largest absolute Gasteiger partial charge is 0.494 e. The number of ether oxygens (including phenoxy) is 1. The first kappa shape index (κ1) is 18.5. The fourth-order valence-electron chi connectivity index (χ4n) is 1.68. The molecule has 122 valence electrons. The molecule has 1 rings (SSSR count). The highest BCUT2D eigenvalue weighted by atomic mass is 79.9. The summed E-state index contributed by atoms with van der Waals surface area (Å²) in [5, 5.41) is 5.38. The molecule has 0 aliphatic rings. The predicted octanol–water partition coefficient (Wildman–Crippen LogP) is 2.64. The fourth-order valence-corrected chi connectivity index (χ4v) is 1.95. The smallest absolute Gasteiger partial charge is 0.239 e. The Morgan fingerprint density at radius 2 is 1.77 bits per heavy atom. The average Bonchev–Trinajstić information content (AvgIpc) is 2.41. The Morgan fingerprint density at radius 3 is 2.36 bits per heavy atom. The molecular formula is C16H23BrN2O3. The molecule has 0 bridgehead atoms. The van der Waals surface area contributed by atoms with E-state index in [2.05, 4.69) is 26.6 Å². The van der Waals surface area contributed by atoms with E-state index in [1.807, 2.05) is 45.0 Å². The number of nitrogens with one attached hydrogen (secondary N) is 2. The van der Waals surface area contributed by atoms with Gasteiger partial charge in [0, 0.05) is 16.4 Å². The zero-order valence-corrected chi connectivity index (χ0v) is 14.8. The van der Waals surface area contributed by atoms with Crippen molar-refractivity contribution in [1.29, 1.82) is 0 Å². The van der Waals surface area contributed by atoms with Crippen molar-refractivity contribution in [2.45, 2.75) is 39.2 Å². The number of halogens is 1.